The average molecular weight is 739 g/mol. The topological polar surface area (TPSA) is 200 Å². The summed E-state index contributed by atoms with van der Waals surface area (Å²) in [6.45, 7) is 17.4. The third kappa shape index (κ3) is 12.6. The zero-order valence-corrected chi connectivity index (χ0v) is 32.7. The molecule has 0 spiro atoms. The molecule has 0 aromatic carbocycles. The molecule has 1 aliphatic heterocycles. The summed E-state index contributed by atoms with van der Waals surface area (Å²) in [6.07, 6.45) is 6.48. The highest BCUT2D eigenvalue weighted by Gasteiger charge is 2.47. The van der Waals surface area contributed by atoms with Crippen molar-refractivity contribution in [3.63, 3.8) is 0 Å². The first-order chi connectivity index (χ1) is 23.6. The van der Waals surface area contributed by atoms with E-state index in [1.807, 2.05) is 6.92 Å². The van der Waals surface area contributed by atoms with Gasteiger partial charge in [0.1, 0.15) is 12.1 Å². The zero-order valence-electron chi connectivity index (χ0n) is 31.9. The Morgan fingerprint density at radius 3 is 2.12 bits per heavy atom. The fourth-order valence-electron chi connectivity index (χ4n) is 6.54. The van der Waals surface area contributed by atoms with Crippen LogP contribution in [-0.4, -0.2) is 103 Å². The summed E-state index contributed by atoms with van der Waals surface area (Å²) in [6, 6.07) is -3.98. The number of carbonyl (C=O) groups excluding carboxylic acids is 6. The molecule has 14 nitrogen and oxygen atoms in total. The smallest absolute Gasteiger partial charge is 0.315 e. The van der Waals surface area contributed by atoms with E-state index in [0.29, 0.717) is 25.7 Å². The van der Waals surface area contributed by atoms with E-state index in [9.17, 15) is 37.2 Å². The summed E-state index contributed by atoms with van der Waals surface area (Å²) >= 11 is 0. The van der Waals surface area contributed by atoms with Crippen molar-refractivity contribution in [1.82, 2.24) is 31.5 Å². The number of carbonyl (C=O) groups is 6. The first-order valence-electron chi connectivity index (χ1n) is 18.2. The van der Waals surface area contributed by atoms with Crippen molar-refractivity contribution in [3.8, 4) is 0 Å². The number of nitrogens with zero attached hydrogens (tertiary/aromatic N) is 1. The van der Waals surface area contributed by atoms with E-state index in [4.69, 9.17) is 0 Å². The Morgan fingerprint density at radius 2 is 1.59 bits per heavy atom. The molecule has 1 unspecified atom stereocenters. The second-order valence-corrected chi connectivity index (χ2v) is 19.0. The third-order valence-electron chi connectivity index (χ3n) is 9.70. The molecule has 2 aliphatic rings. The van der Waals surface area contributed by atoms with Gasteiger partial charge in [-0.2, -0.15) is 0 Å². The van der Waals surface area contributed by atoms with Crippen LogP contribution in [0.25, 0.3) is 0 Å². The van der Waals surface area contributed by atoms with Gasteiger partial charge in [0.15, 0.2) is 9.84 Å². The van der Waals surface area contributed by atoms with E-state index in [1.54, 1.807) is 41.5 Å². The van der Waals surface area contributed by atoms with Crippen LogP contribution in [0.3, 0.4) is 0 Å². The van der Waals surface area contributed by atoms with Gasteiger partial charge in [0.05, 0.1) is 22.1 Å². The lowest BCUT2D eigenvalue weighted by atomic mass is 9.83. The van der Waals surface area contributed by atoms with Gasteiger partial charge in [0.25, 0.3) is 5.91 Å². The van der Waals surface area contributed by atoms with Crippen LogP contribution in [-0.2, 0) is 33.8 Å². The Hall–Kier alpha value is -3.49. The lowest BCUT2D eigenvalue weighted by Gasteiger charge is -2.41. The van der Waals surface area contributed by atoms with Gasteiger partial charge in [-0.05, 0) is 57.8 Å². The van der Waals surface area contributed by atoms with Crippen molar-refractivity contribution in [3.05, 3.63) is 12.7 Å². The van der Waals surface area contributed by atoms with Gasteiger partial charge in [-0.15, -0.1) is 6.58 Å². The van der Waals surface area contributed by atoms with Gasteiger partial charge in [-0.25, -0.2) is 13.2 Å². The number of hydrogen-bond acceptors (Lipinski definition) is 8. The first kappa shape index (κ1) is 43.7. The van der Waals surface area contributed by atoms with Crippen LogP contribution in [0.4, 0.5) is 4.79 Å². The molecule has 15 heteroatoms. The molecule has 0 radical (unpaired) electrons. The molecule has 0 bridgehead atoms. The normalized spacial score (nSPS) is 20.4. The van der Waals surface area contributed by atoms with Crippen LogP contribution in [0.15, 0.2) is 12.7 Å². The molecule has 0 aromatic rings. The maximum absolute atomic E-state index is 14.5. The minimum absolute atomic E-state index is 0.0804. The highest BCUT2D eigenvalue weighted by Crippen LogP contribution is 2.33. The number of unbranched alkanes of at least 4 members (excludes halogenated alkanes) is 1. The third-order valence-corrected chi connectivity index (χ3v) is 12.5. The predicted molar refractivity (Wildman–Crippen MR) is 196 cm³/mol. The van der Waals surface area contributed by atoms with Gasteiger partial charge in [0.2, 0.25) is 23.5 Å². The van der Waals surface area contributed by atoms with Crippen LogP contribution in [0, 0.1) is 11.3 Å². The molecule has 5 N–H and O–H groups in total. The van der Waals surface area contributed by atoms with Crippen LogP contribution < -0.4 is 26.6 Å². The molecule has 1 aliphatic carbocycles. The summed E-state index contributed by atoms with van der Waals surface area (Å²) in [4.78, 5) is 80.8. The molecule has 2 fully saturated rings. The molecule has 4 atom stereocenters. The molecule has 1 saturated carbocycles. The predicted octanol–water partition coefficient (Wildman–Crippen LogP) is 2.52. The highest BCUT2D eigenvalue weighted by atomic mass is 32.2. The summed E-state index contributed by atoms with van der Waals surface area (Å²) in [5.41, 5.74) is -1.84. The summed E-state index contributed by atoms with van der Waals surface area (Å²) in [5, 5.41) is 13.7. The second kappa shape index (κ2) is 18.3. The Morgan fingerprint density at radius 1 is 0.961 bits per heavy atom. The fraction of sp³-hybridized carbons (Fsp3) is 0.778. The Bertz CT molecular complexity index is 1390. The number of amides is 6. The maximum atomic E-state index is 14.5. The highest BCUT2D eigenvalue weighted by molar-refractivity contribution is 7.92. The molecule has 1 saturated heterocycles. The van der Waals surface area contributed by atoms with E-state index in [2.05, 4.69) is 33.2 Å². The molecule has 0 aromatic heterocycles. The number of likely N-dealkylation sites (tertiary alicyclic amines) is 1. The van der Waals surface area contributed by atoms with Gasteiger partial charge < -0.3 is 31.5 Å². The van der Waals surface area contributed by atoms with E-state index in [0.717, 1.165) is 19.3 Å². The zero-order chi connectivity index (χ0) is 38.8. The van der Waals surface area contributed by atoms with Crippen LogP contribution >= 0.6 is 0 Å². The first-order valence-corrected chi connectivity index (χ1v) is 19.8. The summed E-state index contributed by atoms with van der Waals surface area (Å²) in [7, 11) is -3.60. The van der Waals surface area contributed by atoms with E-state index in [-0.39, 0.29) is 50.1 Å². The van der Waals surface area contributed by atoms with Crippen molar-refractivity contribution in [1.29, 1.82) is 0 Å². The number of urea groups is 1. The molecular weight excluding hydrogens is 676 g/mol. The molecule has 51 heavy (non-hydrogen) atoms. The molecule has 2 rings (SSSR count). The van der Waals surface area contributed by atoms with Crippen LogP contribution in [0.2, 0.25) is 0 Å². The monoisotopic (exact) mass is 738 g/mol. The lowest BCUT2D eigenvalue weighted by molar-refractivity contribution is -0.143. The lowest BCUT2D eigenvalue weighted by Crippen LogP contribution is -2.63. The minimum Gasteiger partial charge on any atom is -0.356 e. The van der Waals surface area contributed by atoms with Crippen molar-refractivity contribution in [2.24, 2.45) is 11.3 Å². The number of sulfone groups is 1. The number of rotatable bonds is 16. The molecule has 6 amide bonds. The average Bonchev–Trinajstić information content (AvgIpc) is 3.46. The van der Waals surface area contributed by atoms with Crippen molar-refractivity contribution in [2.45, 2.75) is 142 Å². The van der Waals surface area contributed by atoms with Gasteiger partial charge in [-0.1, -0.05) is 65.9 Å². The standard InChI is InChI=1S/C36H62N6O8S/c1-10-12-16-26(28(44)31(46)37-19-11-2)39-30(45)27-20-25(21-38-24(3)43)22-42(27)32(47)29(34(4,5)6)40-33(48)41-36(17-14-13-15-18-36)23-51(49,50)35(7,8)9/h11,25-27,29H,2,10,12-23H2,1,3-9H3,(H,37,46)(H,38,43)(H,39,45)(H2,40,41,48)/t25-,26?,27-,29+/m0/s1. The fourth-order valence-corrected chi connectivity index (χ4v) is 8.06. The van der Waals surface area contributed by atoms with Crippen molar-refractivity contribution >= 4 is 45.3 Å². The summed E-state index contributed by atoms with van der Waals surface area (Å²) in [5.74, 6) is -3.63. The van der Waals surface area contributed by atoms with Gasteiger partial charge >= 0.3 is 6.03 Å². The maximum Gasteiger partial charge on any atom is 0.315 e. The Labute approximate surface area is 304 Å². The van der Waals surface area contributed by atoms with E-state index in [1.165, 1.54) is 17.9 Å². The SMILES string of the molecule is C=CCNC(=O)C(=O)C(CCCC)NC(=O)[C@@H]1C[C@@H](CNC(C)=O)CN1C(=O)[C@@H](NC(=O)NC1(CS(=O)(=O)C(C)(C)C)CCCCC1)C(C)(C)C. The van der Waals surface area contributed by atoms with Gasteiger partial charge in [-0.3, -0.25) is 24.0 Å². The number of hydrogen-bond donors (Lipinski definition) is 5. The minimum atomic E-state index is -3.60. The van der Waals surface area contributed by atoms with Crippen molar-refractivity contribution in [2.75, 3.05) is 25.4 Å². The van der Waals surface area contributed by atoms with E-state index < -0.39 is 73.2 Å². The second-order valence-electron chi connectivity index (χ2n) is 16.2. The largest absolute Gasteiger partial charge is 0.356 e. The van der Waals surface area contributed by atoms with Crippen LogP contribution in [0.5, 0.6) is 0 Å². The summed E-state index contributed by atoms with van der Waals surface area (Å²) < 4.78 is 25.6. The van der Waals surface area contributed by atoms with Crippen LogP contribution in [0.1, 0.15) is 113 Å². The van der Waals surface area contributed by atoms with E-state index >= 15 is 0 Å². The van der Waals surface area contributed by atoms with Gasteiger partial charge in [0, 0.05) is 26.6 Å². The number of ketones is 1. The number of Topliss-reactive ketones (excluding diaryl/α,β-unsaturated/α-hetero) is 1. The molecule has 290 valence electrons. The Kier molecular flexibility index (Phi) is 15.7. The molecular formula is C36H62N6O8S. The quantitative estimate of drug-likeness (QED) is 0.118. The molecule has 1 heterocycles. The number of nitrogens with one attached hydrogen (secondary N) is 5. The van der Waals surface area contributed by atoms with Crippen molar-refractivity contribution < 1.29 is 37.2 Å². The Balaban J connectivity index is 2.40.